The van der Waals surface area contributed by atoms with E-state index in [1.807, 2.05) is 0 Å². The Balaban J connectivity index is 1.90. The van der Waals surface area contributed by atoms with E-state index in [1.54, 1.807) is 30.3 Å². The van der Waals surface area contributed by atoms with Crippen molar-refractivity contribution in [1.82, 2.24) is 0 Å². The summed E-state index contributed by atoms with van der Waals surface area (Å²) in [6.45, 7) is -0.475. The molecule has 0 aliphatic carbocycles. The zero-order valence-electron chi connectivity index (χ0n) is 14.4. The molecule has 1 amide bonds. The highest BCUT2D eigenvalue weighted by Gasteiger charge is 2.13. The summed E-state index contributed by atoms with van der Waals surface area (Å²) in [5.41, 5.74) is 0.958. The summed E-state index contributed by atoms with van der Waals surface area (Å²) in [6.07, 6.45) is 1.05. The third-order valence-electron chi connectivity index (χ3n) is 3.44. The maximum atomic E-state index is 11.9. The number of carbonyl (C=O) groups excluding carboxylic acids is 2. The Hall–Kier alpha value is -2.87. The molecule has 0 saturated carbocycles. The molecule has 138 valence electrons. The fourth-order valence-corrected chi connectivity index (χ4v) is 2.87. The highest BCUT2D eigenvalue weighted by molar-refractivity contribution is 7.90. The number of para-hydroxylation sites is 1. The molecule has 0 atom stereocenters. The van der Waals surface area contributed by atoms with E-state index in [1.165, 1.54) is 25.3 Å². The van der Waals surface area contributed by atoms with E-state index in [2.05, 4.69) is 5.32 Å². The van der Waals surface area contributed by atoms with Crippen LogP contribution in [0.5, 0.6) is 5.75 Å². The molecule has 0 saturated heterocycles. The maximum absolute atomic E-state index is 11.9. The fraction of sp³-hybridized carbons (Fsp3) is 0.222. The average molecular weight is 377 g/mol. The van der Waals surface area contributed by atoms with Crippen molar-refractivity contribution in [1.29, 1.82) is 0 Å². The molecular weight excluding hydrogens is 358 g/mol. The first-order chi connectivity index (χ1) is 12.3. The number of esters is 1. The van der Waals surface area contributed by atoms with Gasteiger partial charge in [0, 0.05) is 17.5 Å². The van der Waals surface area contributed by atoms with Gasteiger partial charge < -0.3 is 14.8 Å². The monoisotopic (exact) mass is 377 g/mol. The number of nitrogens with one attached hydrogen (secondary N) is 1. The molecule has 26 heavy (non-hydrogen) atoms. The number of sulfone groups is 1. The van der Waals surface area contributed by atoms with E-state index in [-0.39, 0.29) is 11.3 Å². The molecule has 0 fully saturated rings. The molecule has 0 heterocycles. The van der Waals surface area contributed by atoms with Gasteiger partial charge in [0.1, 0.15) is 5.75 Å². The molecule has 0 unspecified atom stereocenters. The molecule has 0 bridgehead atoms. The summed E-state index contributed by atoms with van der Waals surface area (Å²) < 4.78 is 33.1. The Bertz CT molecular complexity index is 907. The van der Waals surface area contributed by atoms with Gasteiger partial charge in [-0.15, -0.1) is 0 Å². The molecular formula is C18H19NO6S. The lowest BCUT2D eigenvalue weighted by atomic mass is 10.1. The molecule has 0 aliphatic heterocycles. The molecule has 2 aromatic carbocycles. The van der Waals surface area contributed by atoms with Crippen LogP contribution in [-0.4, -0.2) is 40.3 Å². The summed E-state index contributed by atoms with van der Waals surface area (Å²) in [6, 6.07) is 12.8. The van der Waals surface area contributed by atoms with Gasteiger partial charge in [-0.05, 0) is 24.3 Å². The third kappa shape index (κ3) is 5.59. The van der Waals surface area contributed by atoms with Crippen LogP contribution in [0.15, 0.2) is 53.4 Å². The van der Waals surface area contributed by atoms with Crippen molar-refractivity contribution in [2.75, 3.05) is 25.3 Å². The molecule has 0 aromatic heterocycles. The van der Waals surface area contributed by atoms with Gasteiger partial charge in [0.05, 0.1) is 18.4 Å². The van der Waals surface area contributed by atoms with Crippen LogP contribution in [0, 0.1) is 0 Å². The van der Waals surface area contributed by atoms with E-state index < -0.39 is 28.3 Å². The number of amides is 1. The summed E-state index contributed by atoms with van der Waals surface area (Å²) in [5.74, 6) is -0.579. The Labute approximate surface area is 151 Å². The lowest BCUT2D eigenvalue weighted by Crippen LogP contribution is -2.21. The van der Waals surface area contributed by atoms with Crippen LogP contribution in [0.1, 0.15) is 5.56 Å². The number of anilines is 1. The number of rotatable bonds is 7. The lowest BCUT2D eigenvalue weighted by Gasteiger charge is -2.09. The van der Waals surface area contributed by atoms with Crippen molar-refractivity contribution in [3.05, 3.63) is 54.1 Å². The maximum Gasteiger partial charge on any atom is 0.310 e. The highest BCUT2D eigenvalue weighted by Crippen LogP contribution is 2.18. The molecule has 2 aromatic rings. The van der Waals surface area contributed by atoms with Gasteiger partial charge in [-0.2, -0.15) is 0 Å². The quantitative estimate of drug-likeness (QED) is 0.739. The van der Waals surface area contributed by atoms with Gasteiger partial charge in [-0.25, -0.2) is 8.42 Å². The second-order valence-electron chi connectivity index (χ2n) is 5.50. The molecule has 2 rings (SSSR count). The SMILES string of the molecule is COc1ccccc1CC(=O)OCC(=O)Nc1cccc(S(C)(=O)=O)c1. The summed E-state index contributed by atoms with van der Waals surface area (Å²) in [5, 5.41) is 2.49. The smallest absolute Gasteiger partial charge is 0.310 e. The van der Waals surface area contributed by atoms with Crippen LogP contribution in [-0.2, 0) is 30.6 Å². The van der Waals surface area contributed by atoms with E-state index in [0.29, 0.717) is 17.0 Å². The molecule has 8 heteroatoms. The first-order valence-electron chi connectivity index (χ1n) is 7.67. The van der Waals surface area contributed by atoms with Crippen LogP contribution in [0.2, 0.25) is 0 Å². The molecule has 1 N–H and O–H groups in total. The van der Waals surface area contributed by atoms with E-state index >= 15 is 0 Å². The normalized spacial score (nSPS) is 10.8. The summed E-state index contributed by atoms with van der Waals surface area (Å²) in [4.78, 5) is 23.9. The second-order valence-corrected chi connectivity index (χ2v) is 7.51. The first-order valence-corrected chi connectivity index (χ1v) is 9.56. The van der Waals surface area contributed by atoms with Crippen molar-refractivity contribution < 1.29 is 27.5 Å². The van der Waals surface area contributed by atoms with Crippen molar-refractivity contribution in [2.24, 2.45) is 0 Å². The third-order valence-corrected chi connectivity index (χ3v) is 4.55. The molecule has 0 radical (unpaired) electrons. The predicted octanol–water partition coefficient (Wildman–Crippen LogP) is 1.82. The van der Waals surface area contributed by atoms with Crippen LogP contribution in [0.4, 0.5) is 5.69 Å². The minimum atomic E-state index is -3.38. The zero-order valence-corrected chi connectivity index (χ0v) is 15.2. The van der Waals surface area contributed by atoms with Crippen molar-refractivity contribution >= 4 is 27.4 Å². The summed E-state index contributed by atoms with van der Waals surface area (Å²) >= 11 is 0. The van der Waals surface area contributed by atoms with E-state index in [9.17, 15) is 18.0 Å². The Morgan fingerprint density at radius 2 is 1.81 bits per heavy atom. The fourth-order valence-electron chi connectivity index (χ4n) is 2.20. The topological polar surface area (TPSA) is 98.8 Å². The number of ether oxygens (including phenoxy) is 2. The van der Waals surface area contributed by atoms with Crippen molar-refractivity contribution in [3.8, 4) is 5.75 Å². The Kier molecular flexibility index (Phi) is 6.35. The molecule has 0 spiro atoms. The van der Waals surface area contributed by atoms with Crippen molar-refractivity contribution in [2.45, 2.75) is 11.3 Å². The first kappa shape index (κ1) is 19.5. The van der Waals surface area contributed by atoms with Gasteiger partial charge in [-0.3, -0.25) is 9.59 Å². The highest BCUT2D eigenvalue weighted by atomic mass is 32.2. The van der Waals surface area contributed by atoms with Gasteiger partial charge in [0.2, 0.25) is 0 Å². The van der Waals surface area contributed by atoms with Gasteiger partial charge in [-0.1, -0.05) is 24.3 Å². The molecule has 7 nitrogen and oxygen atoms in total. The number of benzene rings is 2. The largest absolute Gasteiger partial charge is 0.496 e. The predicted molar refractivity (Wildman–Crippen MR) is 95.8 cm³/mol. The van der Waals surface area contributed by atoms with Gasteiger partial charge >= 0.3 is 5.97 Å². The minimum absolute atomic E-state index is 0.0269. The number of hydrogen-bond acceptors (Lipinski definition) is 6. The number of hydrogen-bond donors (Lipinski definition) is 1. The van der Waals surface area contributed by atoms with E-state index in [0.717, 1.165) is 6.26 Å². The van der Waals surface area contributed by atoms with Crippen LogP contribution in [0.3, 0.4) is 0 Å². The molecule has 0 aliphatic rings. The van der Waals surface area contributed by atoms with Gasteiger partial charge in [0.15, 0.2) is 16.4 Å². The van der Waals surface area contributed by atoms with E-state index in [4.69, 9.17) is 9.47 Å². The zero-order chi connectivity index (χ0) is 19.2. The van der Waals surface area contributed by atoms with Crippen LogP contribution in [0.25, 0.3) is 0 Å². The summed E-state index contributed by atoms with van der Waals surface area (Å²) in [7, 11) is -1.87. The van der Waals surface area contributed by atoms with Crippen LogP contribution < -0.4 is 10.1 Å². The number of methoxy groups -OCH3 is 1. The lowest BCUT2D eigenvalue weighted by molar-refractivity contribution is -0.146. The minimum Gasteiger partial charge on any atom is -0.496 e. The second kappa shape index (κ2) is 8.48. The standard InChI is InChI=1S/C18H19NO6S/c1-24-16-9-4-3-6-13(16)10-18(21)25-12-17(20)19-14-7-5-8-15(11-14)26(2,22)23/h3-9,11H,10,12H2,1-2H3,(H,19,20). The van der Waals surface area contributed by atoms with Crippen molar-refractivity contribution in [3.63, 3.8) is 0 Å². The van der Waals surface area contributed by atoms with Gasteiger partial charge in [0.25, 0.3) is 5.91 Å². The van der Waals surface area contributed by atoms with Crippen LogP contribution >= 0.6 is 0 Å². The Morgan fingerprint density at radius 1 is 1.08 bits per heavy atom. The average Bonchev–Trinajstić information content (AvgIpc) is 2.60. The Morgan fingerprint density at radius 3 is 2.50 bits per heavy atom. The number of carbonyl (C=O) groups is 2.